The largest absolute Gasteiger partial charge is 0.363 e. The van der Waals surface area contributed by atoms with Gasteiger partial charge in [-0.15, -0.1) is 0 Å². The van der Waals surface area contributed by atoms with Crippen LogP contribution >= 0.6 is 0 Å². The summed E-state index contributed by atoms with van der Waals surface area (Å²) in [6.07, 6.45) is 6.91. The van der Waals surface area contributed by atoms with Gasteiger partial charge in [0.2, 0.25) is 0 Å². The highest BCUT2D eigenvalue weighted by atomic mass is 19.1. The summed E-state index contributed by atoms with van der Waals surface area (Å²) in [5.74, 6) is 0.929. The second-order valence-electron chi connectivity index (χ2n) is 7.71. The van der Waals surface area contributed by atoms with Gasteiger partial charge in [0.15, 0.2) is 17.2 Å². The topological polar surface area (TPSA) is 88.7 Å². The standard InChI is InChI=1S/C21H20FN7O/c1-12(15-9-14(22)8-13-4-6-23-10-16(13)15)25-18-5-7-29-20(26-18)17(11-24-29)19-27-21(2,3)30-28-19/h4-12H,1-3H3,(H,25,26)(H,27,28)/t12-/m1/s1. The van der Waals surface area contributed by atoms with E-state index in [-0.39, 0.29) is 11.9 Å². The summed E-state index contributed by atoms with van der Waals surface area (Å²) in [5, 5.41) is 9.39. The van der Waals surface area contributed by atoms with E-state index < -0.39 is 5.72 Å². The lowest BCUT2D eigenvalue weighted by Crippen LogP contribution is -2.23. The van der Waals surface area contributed by atoms with Gasteiger partial charge >= 0.3 is 0 Å². The maximum Gasteiger partial charge on any atom is 0.182 e. The smallest absolute Gasteiger partial charge is 0.182 e. The van der Waals surface area contributed by atoms with Gasteiger partial charge in [0.1, 0.15) is 11.6 Å². The van der Waals surface area contributed by atoms with Crippen LogP contribution in [0.3, 0.4) is 0 Å². The third kappa shape index (κ3) is 3.22. The lowest BCUT2D eigenvalue weighted by Gasteiger charge is -2.17. The molecule has 9 heteroatoms. The quantitative estimate of drug-likeness (QED) is 0.539. The first-order chi connectivity index (χ1) is 14.4. The number of anilines is 1. The van der Waals surface area contributed by atoms with Gasteiger partial charge in [-0.1, -0.05) is 0 Å². The van der Waals surface area contributed by atoms with Crippen LogP contribution in [0.2, 0.25) is 0 Å². The summed E-state index contributed by atoms with van der Waals surface area (Å²) in [6, 6.07) is 6.47. The Hall–Kier alpha value is -3.59. The minimum Gasteiger partial charge on any atom is -0.363 e. The number of hydroxylamine groups is 1. The van der Waals surface area contributed by atoms with Crippen molar-refractivity contribution >= 4 is 28.1 Å². The number of nitrogens with zero attached hydrogens (tertiary/aromatic N) is 5. The molecule has 3 aromatic heterocycles. The van der Waals surface area contributed by atoms with E-state index in [1.807, 2.05) is 33.0 Å². The van der Waals surface area contributed by atoms with Crippen LogP contribution in [0, 0.1) is 5.82 Å². The zero-order valence-electron chi connectivity index (χ0n) is 16.7. The molecule has 0 unspecified atom stereocenters. The molecule has 0 radical (unpaired) electrons. The number of rotatable bonds is 4. The van der Waals surface area contributed by atoms with Crippen molar-refractivity contribution in [1.82, 2.24) is 25.1 Å². The molecule has 0 saturated heterocycles. The number of nitrogens with one attached hydrogen (secondary N) is 2. The predicted octanol–water partition coefficient (Wildman–Crippen LogP) is 3.61. The van der Waals surface area contributed by atoms with Crippen molar-refractivity contribution in [2.75, 3.05) is 5.32 Å². The van der Waals surface area contributed by atoms with Crippen molar-refractivity contribution in [3.05, 3.63) is 66.0 Å². The van der Waals surface area contributed by atoms with E-state index in [0.29, 0.717) is 17.3 Å². The minimum absolute atomic E-state index is 0.196. The van der Waals surface area contributed by atoms with Gasteiger partial charge in [-0.2, -0.15) is 5.10 Å². The van der Waals surface area contributed by atoms with E-state index in [9.17, 15) is 4.39 Å². The van der Waals surface area contributed by atoms with Gasteiger partial charge in [0, 0.05) is 24.0 Å². The Morgan fingerprint density at radius 1 is 1.23 bits per heavy atom. The van der Waals surface area contributed by atoms with E-state index in [2.05, 4.69) is 25.9 Å². The average molecular weight is 405 g/mol. The lowest BCUT2D eigenvalue weighted by atomic mass is 10.0. The van der Waals surface area contributed by atoms with Gasteiger partial charge in [0.05, 0.1) is 17.8 Å². The zero-order valence-corrected chi connectivity index (χ0v) is 16.7. The fourth-order valence-electron chi connectivity index (χ4n) is 3.57. The van der Waals surface area contributed by atoms with Gasteiger partial charge in [-0.3, -0.25) is 4.98 Å². The molecule has 0 fully saturated rings. The molecular weight excluding hydrogens is 385 g/mol. The molecule has 5 rings (SSSR count). The highest BCUT2D eigenvalue weighted by molar-refractivity contribution is 6.03. The van der Waals surface area contributed by atoms with Crippen molar-refractivity contribution in [3.63, 3.8) is 0 Å². The van der Waals surface area contributed by atoms with Crippen LogP contribution in [0.1, 0.15) is 37.9 Å². The summed E-state index contributed by atoms with van der Waals surface area (Å²) in [6.45, 7) is 5.68. The number of fused-ring (bicyclic) bond motifs is 2. The number of hydrogen-bond donors (Lipinski definition) is 2. The molecule has 4 aromatic rings. The Morgan fingerprint density at radius 3 is 2.90 bits per heavy atom. The van der Waals surface area contributed by atoms with Crippen LogP contribution < -0.4 is 10.8 Å². The van der Waals surface area contributed by atoms with Crippen molar-refractivity contribution in [2.45, 2.75) is 32.5 Å². The van der Waals surface area contributed by atoms with Crippen LogP contribution in [0.5, 0.6) is 0 Å². The Balaban J connectivity index is 1.50. The average Bonchev–Trinajstić information content (AvgIpc) is 3.29. The molecule has 0 spiro atoms. The number of aromatic nitrogens is 4. The monoisotopic (exact) mass is 405 g/mol. The molecule has 1 aliphatic heterocycles. The van der Waals surface area contributed by atoms with E-state index in [4.69, 9.17) is 9.82 Å². The molecule has 0 saturated carbocycles. The molecule has 1 atom stereocenters. The number of halogens is 1. The number of hydrogen-bond acceptors (Lipinski definition) is 7. The summed E-state index contributed by atoms with van der Waals surface area (Å²) in [5.41, 5.74) is 4.36. The first-order valence-corrected chi connectivity index (χ1v) is 9.58. The summed E-state index contributed by atoms with van der Waals surface area (Å²) < 4.78 is 15.8. The summed E-state index contributed by atoms with van der Waals surface area (Å²) in [4.78, 5) is 18.9. The number of pyridine rings is 1. The maximum absolute atomic E-state index is 14.1. The van der Waals surface area contributed by atoms with Gasteiger partial charge in [-0.05, 0) is 56.0 Å². The molecule has 1 aliphatic rings. The fourth-order valence-corrected chi connectivity index (χ4v) is 3.57. The van der Waals surface area contributed by atoms with Gasteiger partial charge < -0.3 is 5.32 Å². The first kappa shape index (κ1) is 18.4. The van der Waals surface area contributed by atoms with Gasteiger partial charge in [-0.25, -0.2) is 29.2 Å². The van der Waals surface area contributed by atoms with Crippen LogP contribution in [-0.4, -0.2) is 31.1 Å². The minimum atomic E-state index is -0.652. The van der Waals surface area contributed by atoms with Crippen LogP contribution in [-0.2, 0) is 4.84 Å². The molecular formula is C21H20FN7O. The number of aliphatic imine (C=N–C) groups is 1. The second kappa shape index (κ2) is 6.74. The number of benzene rings is 1. The van der Waals surface area contributed by atoms with Crippen molar-refractivity contribution in [1.29, 1.82) is 0 Å². The van der Waals surface area contributed by atoms with E-state index in [0.717, 1.165) is 21.9 Å². The lowest BCUT2D eigenvalue weighted by molar-refractivity contribution is -0.0269. The van der Waals surface area contributed by atoms with Crippen molar-refractivity contribution in [3.8, 4) is 0 Å². The number of amidine groups is 1. The predicted molar refractivity (Wildman–Crippen MR) is 112 cm³/mol. The molecule has 2 N–H and O–H groups in total. The first-order valence-electron chi connectivity index (χ1n) is 9.58. The maximum atomic E-state index is 14.1. The zero-order chi connectivity index (χ0) is 20.9. The third-order valence-electron chi connectivity index (χ3n) is 4.99. The summed E-state index contributed by atoms with van der Waals surface area (Å²) in [7, 11) is 0. The Morgan fingerprint density at radius 2 is 2.10 bits per heavy atom. The second-order valence-corrected chi connectivity index (χ2v) is 7.71. The molecule has 8 nitrogen and oxygen atoms in total. The molecule has 4 heterocycles. The SMILES string of the molecule is C[C@@H](Nc1ccn2ncc(C3=NC(C)(C)ON3)c2n1)c1cc(F)cc2ccncc12. The molecule has 0 bridgehead atoms. The van der Waals surface area contributed by atoms with Crippen molar-refractivity contribution < 1.29 is 9.23 Å². The highest BCUT2D eigenvalue weighted by Crippen LogP contribution is 2.28. The Labute approximate surface area is 171 Å². The Bertz CT molecular complexity index is 1300. The molecule has 0 amide bonds. The van der Waals surface area contributed by atoms with Crippen LogP contribution in [0.4, 0.5) is 10.2 Å². The highest BCUT2D eigenvalue weighted by Gasteiger charge is 2.28. The van der Waals surface area contributed by atoms with Crippen LogP contribution in [0.25, 0.3) is 16.4 Å². The fraction of sp³-hybridized carbons (Fsp3) is 0.238. The summed E-state index contributed by atoms with van der Waals surface area (Å²) >= 11 is 0. The Kier molecular flexibility index (Phi) is 4.14. The van der Waals surface area contributed by atoms with Crippen molar-refractivity contribution in [2.24, 2.45) is 4.99 Å². The molecule has 1 aromatic carbocycles. The molecule has 30 heavy (non-hydrogen) atoms. The third-order valence-corrected chi connectivity index (χ3v) is 4.99. The molecule has 0 aliphatic carbocycles. The normalized spacial score (nSPS) is 16.5. The van der Waals surface area contributed by atoms with Crippen LogP contribution in [0.15, 0.2) is 54.0 Å². The molecule has 152 valence electrons. The van der Waals surface area contributed by atoms with E-state index in [1.54, 1.807) is 29.2 Å². The van der Waals surface area contributed by atoms with E-state index in [1.165, 1.54) is 12.1 Å². The van der Waals surface area contributed by atoms with E-state index >= 15 is 0 Å². The van der Waals surface area contributed by atoms with Gasteiger partial charge in [0.25, 0.3) is 0 Å².